The fourth-order valence-electron chi connectivity index (χ4n) is 2.45. The van der Waals surface area contributed by atoms with Gasteiger partial charge in [-0.1, -0.05) is 12.1 Å². The molecule has 0 aromatic heterocycles. The molecule has 1 aromatic carbocycles. The van der Waals surface area contributed by atoms with Crippen molar-refractivity contribution < 1.29 is 9.84 Å². The van der Waals surface area contributed by atoms with E-state index in [9.17, 15) is 5.11 Å². The first-order valence-corrected chi connectivity index (χ1v) is 7.26. The van der Waals surface area contributed by atoms with E-state index >= 15 is 0 Å². The van der Waals surface area contributed by atoms with E-state index in [0.717, 1.165) is 31.1 Å². The van der Waals surface area contributed by atoms with Gasteiger partial charge in [-0.15, -0.1) is 0 Å². The summed E-state index contributed by atoms with van der Waals surface area (Å²) in [5.41, 5.74) is 1.35. The average molecular weight is 263 g/mol. The van der Waals surface area contributed by atoms with E-state index in [0.29, 0.717) is 6.04 Å². The van der Waals surface area contributed by atoms with Crippen molar-refractivity contribution in [1.82, 2.24) is 5.32 Å². The van der Waals surface area contributed by atoms with Gasteiger partial charge in [0.15, 0.2) is 0 Å². The number of aliphatic hydroxyl groups excluding tert-OH is 1. The van der Waals surface area contributed by atoms with Crippen molar-refractivity contribution in [1.29, 1.82) is 0 Å². The molecule has 19 heavy (non-hydrogen) atoms. The summed E-state index contributed by atoms with van der Waals surface area (Å²) in [6.45, 7) is 2.82. The molecule has 0 radical (unpaired) electrons. The van der Waals surface area contributed by atoms with Crippen LogP contribution in [0.2, 0.25) is 0 Å². The molecule has 2 rings (SSSR count). The second-order valence-corrected chi connectivity index (χ2v) is 5.53. The SMILES string of the molecule is COc1ccc(C(NCCCC(C)O)C2CC2)cc1. The third-order valence-electron chi connectivity index (χ3n) is 3.73. The Morgan fingerprint density at radius 1 is 1.32 bits per heavy atom. The first-order valence-electron chi connectivity index (χ1n) is 7.26. The van der Waals surface area contributed by atoms with Crippen LogP contribution in [-0.2, 0) is 0 Å². The van der Waals surface area contributed by atoms with Gasteiger partial charge >= 0.3 is 0 Å². The molecule has 1 aromatic rings. The molecule has 2 unspecified atom stereocenters. The van der Waals surface area contributed by atoms with Gasteiger partial charge in [0.2, 0.25) is 0 Å². The van der Waals surface area contributed by atoms with E-state index in [1.165, 1.54) is 18.4 Å². The normalized spacial score (nSPS) is 18.1. The van der Waals surface area contributed by atoms with E-state index in [4.69, 9.17) is 4.74 Å². The topological polar surface area (TPSA) is 41.5 Å². The van der Waals surface area contributed by atoms with Crippen molar-refractivity contribution in [3.8, 4) is 5.75 Å². The lowest BCUT2D eigenvalue weighted by Crippen LogP contribution is -2.24. The summed E-state index contributed by atoms with van der Waals surface area (Å²) in [5.74, 6) is 1.69. The van der Waals surface area contributed by atoms with Crippen LogP contribution in [-0.4, -0.2) is 24.9 Å². The van der Waals surface area contributed by atoms with Crippen molar-refractivity contribution in [3.63, 3.8) is 0 Å². The molecule has 3 nitrogen and oxygen atoms in total. The number of rotatable bonds is 8. The summed E-state index contributed by atoms with van der Waals surface area (Å²) >= 11 is 0. The molecular weight excluding hydrogens is 238 g/mol. The molecule has 1 aliphatic rings. The van der Waals surface area contributed by atoms with Crippen molar-refractivity contribution >= 4 is 0 Å². The van der Waals surface area contributed by atoms with Gasteiger partial charge < -0.3 is 15.2 Å². The first kappa shape index (κ1) is 14.4. The van der Waals surface area contributed by atoms with E-state index in [1.807, 2.05) is 19.1 Å². The van der Waals surface area contributed by atoms with Crippen LogP contribution in [0.15, 0.2) is 24.3 Å². The number of ether oxygens (including phenoxy) is 1. The molecule has 106 valence electrons. The van der Waals surface area contributed by atoms with Gasteiger partial charge in [0, 0.05) is 6.04 Å². The minimum Gasteiger partial charge on any atom is -0.497 e. The molecule has 0 heterocycles. The van der Waals surface area contributed by atoms with Gasteiger partial charge in [-0.25, -0.2) is 0 Å². The summed E-state index contributed by atoms with van der Waals surface area (Å²) in [4.78, 5) is 0. The Morgan fingerprint density at radius 2 is 2.00 bits per heavy atom. The van der Waals surface area contributed by atoms with Gasteiger partial charge in [-0.2, -0.15) is 0 Å². The predicted molar refractivity (Wildman–Crippen MR) is 77.4 cm³/mol. The average Bonchev–Trinajstić information content (AvgIpc) is 3.23. The van der Waals surface area contributed by atoms with Crippen LogP contribution in [0.4, 0.5) is 0 Å². The molecule has 1 saturated carbocycles. The van der Waals surface area contributed by atoms with Gasteiger partial charge in [0.25, 0.3) is 0 Å². The van der Waals surface area contributed by atoms with Crippen LogP contribution in [0.1, 0.15) is 44.2 Å². The number of hydrogen-bond acceptors (Lipinski definition) is 3. The fourth-order valence-corrected chi connectivity index (χ4v) is 2.45. The van der Waals surface area contributed by atoms with E-state index < -0.39 is 0 Å². The van der Waals surface area contributed by atoms with Gasteiger partial charge in [-0.05, 0) is 62.8 Å². The Balaban J connectivity index is 1.88. The molecule has 2 N–H and O–H groups in total. The monoisotopic (exact) mass is 263 g/mol. The Labute approximate surface area is 116 Å². The maximum atomic E-state index is 9.27. The third kappa shape index (κ3) is 4.51. The highest BCUT2D eigenvalue weighted by Crippen LogP contribution is 2.41. The Kier molecular flexibility index (Phi) is 5.23. The Morgan fingerprint density at radius 3 is 2.53 bits per heavy atom. The lowest BCUT2D eigenvalue weighted by atomic mass is 10.0. The minimum atomic E-state index is -0.192. The Bertz CT molecular complexity index is 371. The van der Waals surface area contributed by atoms with Gasteiger partial charge in [-0.3, -0.25) is 0 Å². The Hall–Kier alpha value is -1.06. The number of nitrogens with one attached hydrogen (secondary N) is 1. The second kappa shape index (κ2) is 6.92. The predicted octanol–water partition coefficient (Wildman–Crippen LogP) is 2.90. The van der Waals surface area contributed by atoms with Crippen LogP contribution in [0, 0.1) is 5.92 Å². The fraction of sp³-hybridized carbons (Fsp3) is 0.625. The highest BCUT2D eigenvalue weighted by molar-refractivity contribution is 5.30. The zero-order valence-electron chi connectivity index (χ0n) is 11.9. The smallest absolute Gasteiger partial charge is 0.118 e. The third-order valence-corrected chi connectivity index (χ3v) is 3.73. The quantitative estimate of drug-likeness (QED) is 0.709. The summed E-state index contributed by atoms with van der Waals surface area (Å²) in [7, 11) is 1.70. The van der Waals surface area contributed by atoms with Gasteiger partial charge in [0.05, 0.1) is 13.2 Å². The van der Waals surface area contributed by atoms with Crippen molar-refractivity contribution in [3.05, 3.63) is 29.8 Å². The van der Waals surface area contributed by atoms with Gasteiger partial charge in [0.1, 0.15) is 5.75 Å². The molecule has 1 aliphatic carbocycles. The zero-order valence-corrected chi connectivity index (χ0v) is 11.9. The maximum Gasteiger partial charge on any atom is 0.118 e. The number of hydrogen-bond donors (Lipinski definition) is 2. The number of aliphatic hydroxyl groups is 1. The van der Waals surface area contributed by atoms with Crippen molar-refractivity contribution in [2.24, 2.45) is 5.92 Å². The molecule has 1 fully saturated rings. The number of benzene rings is 1. The van der Waals surface area contributed by atoms with Crippen LogP contribution in [0.3, 0.4) is 0 Å². The van der Waals surface area contributed by atoms with Crippen LogP contribution >= 0.6 is 0 Å². The molecule has 0 bridgehead atoms. The highest BCUT2D eigenvalue weighted by Gasteiger charge is 2.31. The molecule has 0 amide bonds. The standard InChI is InChI=1S/C16H25NO2/c1-12(18)4-3-11-17-16(13-5-6-13)14-7-9-15(19-2)10-8-14/h7-10,12-13,16-18H,3-6,11H2,1-2H3. The van der Waals surface area contributed by atoms with E-state index in [2.05, 4.69) is 17.4 Å². The van der Waals surface area contributed by atoms with Crippen molar-refractivity contribution in [2.45, 2.75) is 44.8 Å². The molecule has 0 saturated heterocycles. The molecular formula is C16H25NO2. The number of methoxy groups -OCH3 is 1. The second-order valence-electron chi connectivity index (χ2n) is 5.53. The molecule has 2 atom stereocenters. The molecule has 3 heteroatoms. The van der Waals surface area contributed by atoms with Crippen LogP contribution in [0.5, 0.6) is 5.75 Å². The summed E-state index contributed by atoms with van der Waals surface area (Å²) in [6.07, 6.45) is 4.34. The maximum absolute atomic E-state index is 9.27. The largest absolute Gasteiger partial charge is 0.497 e. The summed E-state index contributed by atoms with van der Waals surface area (Å²) < 4.78 is 5.20. The first-order chi connectivity index (χ1) is 9.20. The molecule has 0 aliphatic heterocycles. The lowest BCUT2D eigenvalue weighted by Gasteiger charge is -2.19. The van der Waals surface area contributed by atoms with E-state index in [-0.39, 0.29) is 6.10 Å². The van der Waals surface area contributed by atoms with E-state index in [1.54, 1.807) is 7.11 Å². The highest BCUT2D eigenvalue weighted by atomic mass is 16.5. The zero-order chi connectivity index (χ0) is 13.7. The lowest BCUT2D eigenvalue weighted by molar-refractivity contribution is 0.180. The summed E-state index contributed by atoms with van der Waals surface area (Å²) in [6, 6.07) is 8.83. The van der Waals surface area contributed by atoms with Crippen LogP contribution < -0.4 is 10.1 Å². The minimum absolute atomic E-state index is 0.192. The summed E-state index contributed by atoms with van der Waals surface area (Å²) in [5, 5.41) is 12.9. The molecule has 0 spiro atoms. The van der Waals surface area contributed by atoms with Crippen molar-refractivity contribution in [2.75, 3.05) is 13.7 Å². The van der Waals surface area contributed by atoms with Crippen LogP contribution in [0.25, 0.3) is 0 Å².